The Kier molecular flexibility index (Phi) is 13.6. The molecule has 0 bridgehead atoms. The van der Waals surface area contributed by atoms with Gasteiger partial charge < -0.3 is 14.8 Å². The zero-order valence-electron chi connectivity index (χ0n) is 29.7. The van der Waals surface area contributed by atoms with Gasteiger partial charge in [-0.05, 0) is 59.9 Å². The second kappa shape index (κ2) is 18.9. The molecule has 53 heavy (non-hydrogen) atoms. The van der Waals surface area contributed by atoms with Crippen LogP contribution in [0.25, 0.3) is 6.08 Å². The van der Waals surface area contributed by atoms with Crippen LogP contribution in [-0.2, 0) is 27.4 Å². The Morgan fingerprint density at radius 3 is 2.17 bits per heavy atom. The molecule has 5 rings (SSSR count). The molecule has 0 unspecified atom stereocenters. The molecule has 0 radical (unpaired) electrons. The van der Waals surface area contributed by atoms with Crippen molar-refractivity contribution in [2.24, 2.45) is 4.99 Å². The van der Waals surface area contributed by atoms with Crippen LogP contribution in [0.5, 0.6) is 11.5 Å². The number of aliphatic imine (C=N–C) groups is 1. The number of rotatable bonds is 15. The lowest BCUT2D eigenvalue weighted by Crippen LogP contribution is -2.42. The number of thioether (sulfide) groups is 1. The summed E-state index contributed by atoms with van der Waals surface area (Å²) in [4.78, 5) is 47.1. The molecule has 0 spiro atoms. The van der Waals surface area contributed by atoms with Crippen LogP contribution in [0.4, 0.5) is 0 Å². The Hall–Kier alpha value is -6.19. The lowest BCUT2D eigenvalue weighted by molar-refractivity contribution is -0.126. The van der Waals surface area contributed by atoms with Crippen molar-refractivity contribution in [3.63, 3.8) is 0 Å². The fraction of sp³-hybridized carbons (Fsp3) is 0.136. The van der Waals surface area contributed by atoms with Crippen molar-refractivity contribution in [2.45, 2.75) is 26.0 Å². The van der Waals surface area contributed by atoms with Gasteiger partial charge in [0, 0.05) is 11.3 Å². The number of hydrogen-bond donors (Lipinski definition) is 1. The lowest BCUT2D eigenvalue weighted by atomic mass is 9.99. The quantitative estimate of drug-likeness (QED) is 0.0573. The Labute approximate surface area is 314 Å². The molecule has 0 aromatic heterocycles. The first-order valence-electron chi connectivity index (χ1n) is 17.0. The molecule has 1 heterocycles. The third-order valence-electron chi connectivity index (χ3n) is 8.19. The predicted octanol–water partition coefficient (Wildman–Crippen LogP) is 8.40. The Morgan fingerprint density at radius 2 is 1.58 bits per heavy atom. The minimum Gasteiger partial charge on any atom is -0.493 e. The van der Waals surface area contributed by atoms with Gasteiger partial charge in [-0.3, -0.25) is 19.3 Å². The number of amides is 3. The number of allylic oxidation sites excluding steroid dienone is 5. The molecule has 1 aliphatic heterocycles. The first-order valence-corrected chi connectivity index (χ1v) is 18.0. The molecule has 4 aromatic carbocycles. The smallest absolute Gasteiger partial charge is 0.285 e. The fourth-order valence-corrected chi connectivity index (χ4v) is 6.49. The standard InChI is InChI=1S/C44H41N3O5S/c1-5-8-25-36(7-3)47-43(50)37(27-32-26-35(18-6-2)41(38(28-32)51-4)52-29-31-19-12-9-13-20-31)42(49)46-44(47)53-30-39(48)45-40(33-21-14-10-15-22-33)34-23-16-11-17-24-34/h5-17,19-28,40H,1-2,18,29-30H2,3-4H3,(H,45,48)/b25-8-,36-7+,37-27+. The van der Waals surface area contributed by atoms with Gasteiger partial charge in [0.15, 0.2) is 16.7 Å². The van der Waals surface area contributed by atoms with Crippen LogP contribution < -0.4 is 14.8 Å². The highest BCUT2D eigenvalue weighted by Crippen LogP contribution is 2.36. The summed E-state index contributed by atoms with van der Waals surface area (Å²) in [7, 11) is 1.54. The SMILES string of the molecule is C=C/C=C\C(=C/C)N1C(=O)/C(=C/c2cc(CC=C)c(OCc3ccccc3)c(OC)c2)C(=O)N=C1SCC(=O)NC(c1ccccc1)c1ccccc1. The molecule has 3 amide bonds. The van der Waals surface area contributed by atoms with Gasteiger partial charge in [0.1, 0.15) is 12.2 Å². The maximum absolute atomic E-state index is 14.3. The number of benzene rings is 4. The van der Waals surface area contributed by atoms with E-state index in [9.17, 15) is 14.4 Å². The van der Waals surface area contributed by atoms with Crippen LogP contribution in [0.15, 0.2) is 163 Å². The summed E-state index contributed by atoms with van der Waals surface area (Å²) in [6, 6.07) is 32.3. The summed E-state index contributed by atoms with van der Waals surface area (Å²) in [5.41, 5.74) is 4.46. The van der Waals surface area contributed by atoms with Crippen LogP contribution in [0.1, 0.15) is 40.8 Å². The van der Waals surface area contributed by atoms with Crippen molar-refractivity contribution in [3.05, 3.63) is 186 Å². The molecule has 268 valence electrons. The van der Waals surface area contributed by atoms with Gasteiger partial charge in [0.25, 0.3) is 11.8 Å². The van der Waals surface area contributed by atoms with Gasteiger partial charge in [0.2, 0.25) is 5.91 Å². The monoisotopic (exact) mass is 723 g/mol. The topological polar surface area (TPSA) is 97.3 Å². The Bertz CT molecular complexity index is 2030. The van der Waals surface area contributed by atoms with Gasteiger partial charge in [-0.2, -0.15) is 4.99 Å². The molecule has 4 aromatic rings. The average molecular weight is 724 g/mol. The third-order valence-corrected chi connectivity index (χ3v) is 9.13. The molecule has 0 fully saturated rings. The first kappa shape index (κ1) is 38.1. The van der Waals surface area contributed by atoms with Gasteiger partial charge in [0.05, 0.1) is 18.9 Å². The normalized spacial score (nSPS) is 14.0. The third kappa shape index (κ3) is 9.78. The maximum atomic E-state index is 14.3. The van der Waals surface area contributed by atoms with E-state index in [-0.39, 0.29) is 22.4 Å². The van der Waals surface area contributed by atoms with Crippen LogP contribution in [0.2, 0.25) is 0 Å². The highest BCUT2D eigenvalue weighted by molar-refractivity contribution is 8.14. The zero-order chi connectivity index (χ0) is 37.6. The molecular formula is C44H41N3O5S. The van der Waals surface area contributed by atoms with Crippen molar-refractivity contribution in [1.29, 1.82) is 0 Å². The molecule has 0 saturated carbocycles. The number of hydrogen-bond acceptors (Lipinski definition) is 6. The van der Waals surface area contributed by atoms with E-state index < -0.39 is 17.9 Å². The zero-order valence-corrected chi connectivity index (χ0v) is 30.6. The van der Waals surface area contributed by atoms with E-state index in [1.165, 1.54) is 18.1 Å². The summed E-state index contributed by atoms with van der Waals surface area (Å²) in [5, 5.41) is 3.19. The average Bonchev–Trinajstić information content (AvgIpc) is 3.19. The summed E-state index contributed by atoms with van der Waals surface area (Å²) in [5.74, 6) is -0.717. The van der Waals surface area contributed by atoms with E-state index >= 15 is 0 Å². The molecule has 1 aliphatic rings. The highest BCUT2D eigenvalue weighted by Gasteiger charge is 2.35. The van der Waals surface area contributed by atoms with Crippen molar-refractivity contribution in [3.8, 4) is 11.5 Å². The van der Waals surface area contributed by atoms with Gasteiger partial charge in [-0.25, -0.2) is 0 Å². The van der Waals surface area contributed by atoms with E-state index in [2.05, 4.69) is 23.5 Å². The van der Waals surface area contributed by atoms with Crippen LogP contribution in [0.3, 0.4) is 0 Å². The molecule has 8 nitrogen and oxygen atoms in total. The number of ether oxygens (including phenoxy) is 2. The number of nitrogens with zero attached hydrogens (tertiary/aromatic N) is 2. The lowest BCUT2D eigenvalue weighted by Gasteiger charge is -2.28. The molecule has 1 N–H and O–H groups in total. The van der Waals surface area contributed by atoms with Crippen molar-refractivity contribution < 1.29 is 23.9 Å². The van der Waals surface area contributed by atoms with E-state index in [4.69, 9.17) is 9.47 Å². The fourth-order valence-electron chi connectivity index (χ4n) is 5.68. The second-order valence-corrected chi connectivity index (χ2v) is 12.7. The summed E-state index contributed by atoms with van der Waals surface area (Å²) in [6.07, 6.45) is 10.4. The second-order valence-electron chi connectivity index (χ2n) is 11.8. The summed E-state index contributed by atoms with van der Waals surface area (Å²) in [6.45, 7) is 9.74. The number of carbonyl (C=O) groups is 3. The number of methoxy groups -OCH3 is 1. The van der Waals surface area contributed by atoms with Gasteiger partial charge in [-0.1, -0.05) is 134 Å². The minimum absolute atomic E-state index is 0.0830. The van der Waals surface area contributed by atoms with E-state index in [1.807, 2.05) is 97.1 Å². The molecule has 0 atom stereocenters. The predicted molar refractivity (Wildman–Crippen MR) is 213 cm³/mol. The molecular weight excluding hydrogens is 683 g/mol. The summed E-state index contributed by atoms with van der Waals surface area (Å²) < 4.78 is 11.9. The van der Waals surface area contributed by atoms with Crippen LogP contribution >= 0.6 is 11.8 Å². The largest absolute Gasteiger partial charge is 0.493 e. The van der Waals surface area contributed by atoms with Crippen LogP contribution in [-0.4, -0.2) is 40.7 Å². The van der Waals surface area contributed by atoms with E-state index in [0.717, 1.165) is 34.0 Å². The molecule has 0 aliphatic carbocycles. The number of carbonyl (C=O) groups excluding carboxylic acids is 3. The molecule has 0 saturated heterocycles. The van der Waals surface area contributed by atoms with Crippen molar-refractivity contribution >= 4 is 40.7 Å². The van der Waals surface area contributed by atoms with Gasteiger partial charge >= 0.3 is 0 Å². The van der Waals surface area contributed by atoms with Gasteiger partial charge in [-0.15, -0.1) is 6.58 Å². The highest BCUT2D eigenvalue weighted by atomic mass is 32.2. The van der Waals surface area contributed by atoms with E-state index in [0.29, 0.717) is 35.8 Å². The Morgan fingerprint density at radius 1 is 0.943 bits per heavy atom. The maximum Gasteiger partial charge on any atom is 0.285 e. The van der Waals surface area contributed by atoms with Crippen LogP contribution in [0, 0.1) is 0 Å². The minimum atomic E-state index is -0.725. The number of amidine groups is 1. The summed E-state index contributed by atoms with van der Waals surface area (Å²) >= 11 is 1.01. The molecule has 9 heteroatoms. The van der Waals surface area contributed by atoms with E-state index in [1.54, 1.807) is 43.4 Å². The number of nitrogens with one attached hydrogen (secondary N) is 1. The van der Waals surface area contributed by atoms with Crippen molar-refractivity contribution in [2.75, 3.05) is 12.9 Å². The van der Waals surface area contributed by atoms with Crippen molar-refractivity contribution in [1.82, 2.24) is 10.2 Å². The first-order chi connectivity index (χ1) is 25.9. The Balaban J connectivity index is 1.44.